The third-order valence-electron chi connectivity index (χ3n) is 4.68. The number of Topliss-reactive ketones (excluding diaryl/α,β-unsaturated/α-hetero) is 1. The van der Waals surface area contributed by atoms with Gasteiger partial charge in [-0.15, -0.1) is 0 Å². The van der Waals surface area contributed by atoms with Gasteiger partial charge in [0, 0.05) is 16.7 Å². The first-order valence-corrected chi connectivity index (χ1v) is 10.9. The molecule has 0 aliphatic carbocycles. The standard InChI is InChI=1S/C23H18N2O5S/c26-20(15-24-23-18-13-7-8-14-19(18)31(28,29)25-23)30-22(17-11-5-2-6-12-17)21(27)16-9-3-1-4-10-16/h1-14,22H,15H2,(H,24,25). The number of ether oxygens (including phenoxy) is 1. The molecule has 0 spiro atoms. The van der Waals surface area contributed by atoms with E-state index in [1.165, 1.54) is 6.07 Å². The number of ketones is 1. The number of carbonyl (C=O) groups is 2. The van der Waals surface area contributed by atoms with E-state index >= 15 is 0 Å². The molecule has 1 aliphatic rings. The fourth-order valence-electron chi connectivity index (χ4n) is 3.22. The molecule has 1 unspecified atom stereocenters. The molecule has 1 N–H and O–H groups in total. The second kappa shape index (κ2) is 8.53. The first-order chi connectivity index (χ1) is 15.0. The minimum atomic E-state index is -3.71. The molecule has 0 aromatic heterocycles. The Morgan fingerprint density at radius 3 is 2.19 bits per heavy atom. The Kier molecular flexibility index (Phi) is 5.64. The van der Waals surface area contributed by atoms with Gasteiger partial charge in [0.25, 0.3) is 10.0 Å². The third-order valence-corrected chi connectivity index (χ3v) is 6.07. The van der Waals surface area contributed by atoms with Gasteiger partial charge in [0.15, 0.2) is 6.10 Å². The molecule has 156 valence electrons. The summed E-state index contributed by atoms with van der Waals surface area (Å²) in [6, 6.07) is 23.6. The summed E-state index contributed by atoms with van der Waals surface area (Å²) in [5.41, 5.74) is 1.33. The van der Waals surface area contributed by atoms with Crippen LogP contribution in [-0.4, -0.2) is 32.6 Å². The molecular formula is C23H18N2O5S. The van der Waals surface area contributed by atoms with Crippen molar-refractivity contribution < 1.29 is 22.7 Å². The van der Waals surface area contributed by atoms with Gasteiger partial charge in [-0.3, -0.25) is 19.3 Å². The maximum atomic E-state index is 13.0. The van der Waals surface area contributed by atoms with E-state index in [-0.39, 0.29) is 16.5 Å². The van der Waals surface area contributed by atoms with E-state index < -0.39 is 28.6 Å². The summed E-state index contributed by atoms with van der Waals surface area (Å²) in [5.74, 6) is -1.05. The van der Waals surface area contributed by atoms with Gasteiger partial charge in [0.2, 0.25) is 5.78 Å². The number of aliphatic imine (C=N–C) groups is 1. The number of fused-ring (bicyclic) bond motifs is 1. The number of benzene rings is 3. The van der Waals surface area contributed by atoms with Crippen molar-refractivity contribution in [3.63, 3.8) is 0 Å². The van der Waals surface area contributed by atoms with E-state index in [1.54, 1.807) is 78.9 Å². The van der Waals surface area contributed by atoms with E-state index in [1.807, 2.05) is 0 Å². The summed E-state index contributed by atoms with van der Waals surface area (Å²) in [6.45, 7) is -0.447. The summed E-state index contributed by atoms with van der Waals surface area (Å²) in [5, 5.41) is 0. The quantitative estimate of drug-likeness (QED) is 0.475. The lowest BCUT2D eigenvalue weighted by atomic mass is 10.00. The van der Waals surface area contributed by atoms with Crippen LogP contribution in [0.2, 0.25) is 0 Å². The molecule has 0 bridgehead atoms. The van der Waals surface area contributed by atoms with E-state index in [2.05, 4.69) is 9.71 Å². The second-order valence-corrected chi connectivity index (χ2v) is 8.43. The Morgan fingerprint density at radius 1 is 0.871 bits per heavy atom. The largest absolute Gasteiger partial charge is 0.448 e. The first kappa shape index (κ1) is 20.5. The average Bonchev–Trinajstić information content (AvgIpc) is 3.07. The Labute approximate surface area is 179 Å². The van der Waals surface area contributed by atoms with Crippen LogP contribution < -0.4 is 4.72 Å². The predicted molar refractivity (Wildman–Crippen MR) is 114 cm³/mol. The van der Waals surface area contributed by atoms with E-state index in [9.17, 15) is 18.0 Å². The van der Waals surface area contributed by atoms with E-state index in [0.717, 1.165) is 0 Å². The summed E-state index contributed by atoms with van der Waals surface area (Å²) in [7, 11) is -3.71. The highest BCUT2D eigenvalue weighted by molar-refractivity contribution is 7.90. The number of hydrogen-bond acceptors (Lipinski definition) is 6. The number of nitrogens with one attached hydrogen (secondary N) is 1. The summed E-state index contributed by atoms with van der Waals surface area (Å²) < 4.78 is 32.1. The van der Waals surface area contributed by atoms with E-state index in [0.29, 0.717) is 16.7 Å². The summed E-state index contributed by atoms with van der Waals surface area (Å²) in [4.78, 5) is 29.7. The van der Waals surface area contributed by atoms with Crippen LogP contribution in [0.3, 0.4) is 0 Å². The van der Waals surface area contributed by atoms with Gasteiger partial charge in [0.1, 0.15) is 12.4 Å². The zero-order valence-electron chi connectivity index (χ0n) is 16.3. The molecule has 0 fully saturated rings. The van der Waals surface area contributed by atoms with Gasteiger partial charge in [-0.05, 0) is 12.1 Å². The lowest BCUT2D eigenvalue weighted by Crippen LogP contribution is -2.25. The molecule has 4 rings (SSSR count). The van der Waals surface area contributed by atoms with Crippen LogP contribution in [0.5, 0.6) is 0 Å². The van der Waals surface area contributed by atoms with Crippen molar-refractivity contribution in [1.29, 1.82) is 0 Å². The molecule has 7 nitrogen and oxygen atoms in total. The minimum absolute atomic E-state index is 0.0678. The van der Waals surface area contributed by atoms with Crippen molar-refractivity contribution in [2.45, 2.75) is 11.0 Å². The predicted octanol–water partition coefficient (Wildman–Crippen LogP) is 2.89. The molecule has 3 aromatic carbocycles. The Hall–Kier alpha value is -3.78. The highest BCUT2D eigenvalue weighted by atomic mass is 32.2. The van der Waals surface area contributed by atoms with Crippen LogP contribution in [-0.2, 0) is 19.6 Å². The topological polar surface area (TPSA) is 102 Å². The third kappa shape index (κ3) is 4.39. The first-order valence-electron chi connectivity index (χ1n) is 9.46. The van der Waals surface area contributed by atoms with Crippen molar-refractivity contribution >= 4 is 27.6 Å². The van der Waals surface area contributed by atoms with Crippen molar-refractivity contribution in [2.75, 3.05) is 6.54 Å². The number of sulfonamides is 1. The number of rotatable bonds is 6. The van der Waals surface area contributed by atoms with Crippen LogP contribution in [0.15, 0.2) is 94.8 Å². The van der Waals surface area contributed by atoms with Gasteiger partial charge in [-0.2, -0.15) is 0 Å². The van der Waals surface area contributed by atoms with Crippen molar-refractivity contribution in [2.24, 2.45) is 4.99 Å². The van der Waals surface area contributed by atoms with Gasteiger partial charge in [-0.1, -0.05) is 72.8 Å². The van der Waals surface area contributed by atoms with Crippen LogP contribution in [0.25, 0.3) is 0 Å². The lowest BCUT2D eigenvalue weighted by molar-refractivity contribution is -0.145. The molecule has 0 amide bonds. The smallest absolute Gasteiger partial charge is 0.328 e. The fourth-order valence-corrected chi connectivity index (χ4v) is 4.47. The second-order valence-electron chi connectivity index (χ2n) is 6.78. The summed E-state index contributed by atoms with van der Waals surface area (Å²) >= 11 is 0. The van der Waals surface area contributed by atoms with Crippen molar-refractivity contribution in [1.82, 2.24) is 4.72 Å². The van der Waals surface area contributed by atoms with Crippen molar-refractivity contribution in [3.8, 4) is 0 Å². The number of carbonyl (C=O) groups excluding carboxylic acids is 2. The monoisotopic (exact) mass is 434 g/mol. The highest BCUT2D eigenvalue weighted by Crippen LogP contribution is 2.24. The molecule has 0 saturated carbocycles. The van der Waals surface area contributed by atoms with Gasteiger partial charge >= 0.3 is 5.97 Å². The zero-order chi connectivity index (χ0) is 21.8. The Balaban J connectivity index is 1.55. The normalized spacial score (nSPS) is 16.2. The van der Waals surface area contributed by atoms with Crippen LogP contribution in [0, 0.1) is 0 Å². The van der Waals surface area contributed by atoms with Crippen LogP contribution in [0.1, 0.15) is 27.6 Å². The fraction of sp³-hybridized carbons (Fsp3) is 0.0870. The molecule has 3 aromatic rings. The molecule has 0 radical (unpaired) electrons. The van der Waals surface area contributed by atoms with Gasteiger partial charge in [0.05, 0.1) is 4.90 Å². The molecule has 1 atom stereocenters. The molecule has 31 heavy (non-hydrogen) atoms. The number of hydrogen-bond donors (Lipinski definition) is 1. The van der Waals surface area contributed by atoms with Crippen LogP contribution in [0.4, 0.5) is 0 Å². The molecule has 8 heteroatoms. The SMILES string of the molecule is O=C(CN=C1NS(=O)(=O)c2ccccc21)OC(C(=O)c1ccccc1)c1ccccc1. The average molecular weight is 434 g/mol. The molecule has 1 heterocycles. The molecule has 1 aliphatic heterocycles. The van der Waals surface area contributed by atoms with Gasteiger partial charge in [-0.25, -0.2) is 8.42 Å². The maximum absolute atomic E-state index is 13.0. The number of esters is 1. The minimum Gasteiger partial charge on any atom is -0.448 e. The maximum Gasteiger partial charge on any atom is 0.328 e. The van der Waals surface area contributed by atoms with Crippen molar-refractivity contribution in [3.05, 3.63) is 102 Å². The van der Waals surface area contributed by atoms with Crippen LogP contribution >= 0.6 is 0 Å². The highest BCUT2D eigenvalue weighted by Gasteiger charge is 2.31. The zero-order valence-corrected chi connectivity index (χ0v) is 17.1. The van der Waals surface area contributed by atoms with E-state index in [4.69, 9.17) is 4.74 Å². The lowest BCUT2D eigenvalue weighted by Gasteiger charge is -2.17. The van der Waals surface area contributed by atoms with Gasteiger partial charge < -0.3 is 4.74 Å². The number of amidine groups is 1. The number of nitrogens with zero attached hydrogens (tertiary/aromatic N) is 1. The molecule has 0 saturated heterocycles. The molecular weight excluding hydrogens is 416 g/mol. The Morgan fingerprint density at radius 2 is 1.48 bits per heavy atom. The Bertz CT molecular complexity index is 1260. The summed E-state index contributed by atoms with van der Waals surface area (Å²) in [6.07, 6.45) is -1.14.